The lowest BCUT2D eigenvalue weighted by atomic mass is 9.78. The zero-order valence-electron chi connectivity index (χ0n) is 78.5. The maximum absolute atomic E-state index is 10.3. The normalized spacial score (nSPS) is 13.5. The number of benzene rings is 8. The molecule has 0 spiro atoms. The summed E-state index contributed by atoms with van der Waals surface area (Å²) in [6.45, 7) is 28.5. The molecule has 0 radical (unpaired) electrons. The van der Waals surface area contributed by atoms with Crippen LogP contribution in [-0.2, 0) is 74.3 Å². The van der Waals surface area contributed by atoms with E-state index in [0.717, 1.165) is 45.3 Å². The minimum Gasteiger partial charge on any atom is -0.493 e. The fourth-order valence-electron chi connectivity index (χ4n) is 13.7. The van der Waals surface area contributed by atoms with Gasteiger partial charge in [0.15, 0.2) is 0 Å². The fraction of sp³-hybridized carbons (Fsp3) is 0.440. The van der Waals surface area contributed by atoms with Crippen LogP contribution in [0.1, 0.15) is 150 Å². The van der Waals surface area contributed by atoms with Crippen LogP contribution in [0.15, 0.2) is 194 Å². The fourth-order valence-corrected chi connectivity index (χ4v) is 16.3. The van der Waals surface area contributed by atoms with Crippen molar-refractivity contribution in [1.29, 1.82) is 0 Å². The Kier molecular flexibility index (Phi) is 45.4. The first-order valence-corrected chi connectivity index (χ1v) is 51.0. The van der Waals surface area contributed by atoms with Gasteiger partial charge in [-0.2, -0.15) is 0 Å². The van der Waals surface area contributed by atoms with Crippen LogP contribution in [0.25, 0.3) is 0 Å². The molecule has 0 aliphatic rings. The molecular formula is C100H124Cl4I4N12O16. The average molecular weight is 2380 g/mol. The molecule has 4 aromatic heterocycles. The monoisotopic (exact) mass is 2380 g/mol. The SMILES string of the molecule is C[C@@H](CCl)COc1ccc(C(C)(C)c2ccc(OC[C@@H](O)Cn3nnc([123I])c3CO)cc2)cc1.C[C@@H](CCl)COc1ccc(C(C)(C)c2ccc(OC[C@H](O)Cn3nnc([123I])c3CO)cc2)cc1.C[C@H](CCl)COc1ccc(C(C)(C)c2ccc(OC[C@@H](O)Cn3nnc([123I])c3CO)cc2)cc1.C[C@H](CCl)COc1ccc(C(C)(C)c2ccc(OC[C@H](O)Cn3nnc([123I])c3CO)cc2)cc1. The van der Waals surface area contributed by atoms with Gasteiger partial charge in [-0.3, -0.25) is 0 Å². The van der Waals surface area contributed by atoms with E-state index in [2.05, 4.69) is 173 Å². The minimum absolute atomic E-state index is 0.105. The molecule has 0 unspecified atom stereocenters. The number of ether oxygens (including phenoxy) is 8. The Bertz CT molecular complexity index is 4840. The number of aromatic nitrogens is 12. The maximum Gasteiger partial charge on any atom is 0.149 e. The summed E-state index contributed by atoms with van der Waals surface area (Å²) in [4.78, 5) is 0. The molecule has 0 bridgehead atoms. The van der Waals surface area contributed by atoms with Gasteiger partial charge in [0.1, 0.15) is 112 Å². The van der Waals surface area contributed by atoms with E-state index in [9.17, 15) is 40.9 Å². The molecule has 0 amide bonds. The number of hydrogen-bond donors (Lipinski definition) is 8. The van der Waals surface area contributed by atoms with E-state index in [1.165, 1.54) is 41.0 Å². The highest BCUT2D eigenvalue weighted by Gasteiger charge is 2.30. The van der Waals surface area contributed by atoms with Gasteiger partial charge in [0.25, 0.3) is 0 Å². The summed E-state index contributed by atoms with van der Waals surface area (Å²) in [5.41, 5.74) is 10.8. The van der Waals surface area contributed by atoms with E-state index >= 15 is 0 Å². The Morgan fingerprint density at radius 1 is 0.250 bits per heavy atom. The molecule has 12 aromatic rings. The lowest BCUT2D eigenvalue weighted by molar-refractivity contribution is 0.0865. The van der Waals surface area contributed by atoms with E-state index in [1.807, 2.05) is 236 Å². The molecule has 36 heteroatoms. The van der Waals surface area contributed by atoms with Crippen LogP contribution in [0.4, 0.5) is 0 Å². The van der Waals surface area contributed by atoms with Crippen LogP contribution < -0.4 is 37.9 Å². The Balaban J connectivity index is 0.000000203. The molecule has 0 aliphatic heterocycles. The number of rotatable bonds is 48. The van der Waals surface area contributed by atoms with E-state index in [1.54, 1.807) is 0 Å². The first-order valence-electron chi connectivity index (χ1n) is 44.5. The largest absolute Gasteiger partial charge is 0.493 e. The Morgan fingerprint density at radius 2 is 0.382 bits per heavy atom. The first-order chi connectivity index (χ1) is 65.0. The predicted octanol–water partition coefficient (Wildman–Crippen LogP) is 17.6. The number of alkyl halides is 4. The van der Waals surface area contributed by atoms with Gasteiger partial charge in [0, 0.05) is 68.9 Å². The standard InChI is InChI=1S/4C25H31ClIN3O4/c4*1-17(12-26)15-33-21-8-4-18(5-9-21)25(2,3)19-6-10-22(11-7-19)34-16-20(32)13-30-23(14-31)24(27)28-29-30/h4*4-11,17,20,31-32H,12-16H2,1-3H3/t2*17-,20+;2*17-,20-/m1010/s1/i4*27-4. The van der Waals surface area contributed by atoms with Crippen molar-refractivity contribution in [2.75, 3.05) is 76.4 Å². The Morgan fingerprint density at radius 3 is 0.507 bits per heavy atom. The maximum atomic E-state index is 10.3. The van der Waals surface area contributed by atoms with Crippen molar-refractivity contribution in [3.8, 4) is 46.0 Å². The first kappa shape index (κ1) is 112. The average Bonchev–Trinajstić information content (AvgIpc) is 1.03. The highest BCUT2D eigenvalue weighted by atomic mass is 123. The number of aliphatic hydroxyl groups is 8. The zero-order valence-corrected chi connectivity index (χ0v) is 90.1. The quantitative estimate of drug-likeness (QED) is 0.0130. The van der Waals surface area contributed by atoms with Gasteiger partial charge in [0.05, 0.1) is 102 Å². The van der Waals surface area contributed by atoms with Gasteiger partial charge in [0.2, 0.25) is 0 Å². The molecule has 136 heavy (non-hydrogen) atoms. The van der Waals surface area contributed by atoms with Crippen molar-refractivity contribution in [3.05, 3.63) is 276 Å². The summed E-state index contributed by atoms with van der Waals surface area (Å²) in [5.74, 6) is 9.60. The van der Waals surface area contributed by atoms with Crippen molar-refractivity contribution >= 4 is 137 Å². The highest BCUT2D eigenvalue weighted by molar-refractivity contribution is 14.1. The van der Waals surface area contributed by atoms with Crippen LogP contribution in [0.2, 0.25) is 0 Å². The smallest absolute Gasteiger partial charge is 0.149 e. The van der Waals surface area contributed by atoms with Crippen molar-refractivity contribution in [2.24, 2.45) is 23.7 Å². The van der Waals surface area contributed by atoms with E-state index < -0.39 is 24.4 Å². The number of hydrogen-bond acceptors (Lipinski definition) is 24. The van der Waals surface area contributed by atoms with Crippen molar-refractivity contribution < 1.29 is 78.7 Å². The molecule has 0 fully saturated rings. The third kappa shape index (κ3) is 33.3. The van der Waals surface area contributed by atoms with Gasteiger partial charge in [-0.05, 0) is 232 Å². The van der Waals surface area contributed by atoms with E-state index in [0.29, 0.717) is 134 Å². The zero-order chi connectivity index (χ0) is 98.9. The highest BCUT2D eigenvalue weighted by Crippen LogP contribution is 2.39. The molecule has 4 heterocycles. The van der Waals surface area contributed by atoms with Crippen LogP contribution in [0, 0.1) is 38.5 Å². The molecule has 8 N–H and O–H groups in total. The number of halogens is 8. The number of aliphatic hydroxyl groups excluding tert-OH is 8. The predicted molar refractivity (Wildman–Crippen MR) is 562 cm³/mol. The molecular weight excluding hydrogens is 2260 g/mol. The molecule has 8 aromatic carbocycles. The third-order valence-corrected chi connectivity index (χ3v) is 28.3. The Hall–Kier alpha value is -7.52. The second-order valence-electron chi connectivity index (χ2n) is 35.5. The van der Waals surface area contributed by atoms with E-state index in [4.69, 9.17) is 84.3 Å². The molecule has 736 valence electrons. The van der Waals surface area contributed by atoms with E-state index in [-0.39, 0.29) is 101 Å². The van der Waals surface area contributed by atoms with Crippen LogP contribution in [-0.4, -0.2) is 202 Å². The second-order valence-corrected chi connectivity index (χ2v) is 40.8. The topological polar surface area (TPSA) is 359 Å². The van der Waals surface area contributed by atoms with Gasteiger partial charge in [-0.1, -0.05) is 201 Å². The van der Waals surface area contributed by atoms with Crippen LogP contribution >= 0.6 is 137 Å². The summed E-state index contributed by atoms with van der Waals surface area (Å²) < 4.78 is 54.7. The lowest BCUT2D eigenvalue weighted by Crippen LogP contribution is -2.25. The van der Waals surface area contributed by atoms with Crippen molar-refractivity contribution in [3.63, 3.8) is 0 Å². The molecule has 12 rings (SSSR count). The lowest BCUT2D eigenvalue weighted by Gasteiger charge is -2.26. The Labute approximate surface area is 871 Å². The summed E-state index contributed by atoms with van der Waals surface area (Å²) in [6, 6.07) is 64.3. The van der Waals surface area contributed by atoms with Gasteiger partial charge in [-0.25, -0.2) is 18.7 Å². The van der Waals surface area contributed by atoms with Crippen molar-refractivity contribution in [2.45, 2.75) is 182 Å². The van der Waals surface area contributed by atoms with Crippen LogP contribution in [0.3, 0.4) is 0 Å². The number of nitrogens with zero attached hydrogens (tertiary/aromatic N) is 12. The molecule has 0 aliphatic carbocycles. The third-order valence-electron chi connectivity index (χ3n) is 22.9. The molecule has 0 saturated heterocycles. The summed E-state index contributed by atoms with van der Waals surface area (Å²) in [7, 11) is 0. The summed E-state index contributed by atoms with van der Waals surface area (Å²) >= 11 is 31.4. The van der Waals surface area contributed by atoms with Gasteiger partial charge < -0.3 is 78.7 Å². The molecule has 0 saturated carbocycles. The molecule has 28 nitrogen and oxygen atoms in total. The minimum atomic E-state index is -0.785. The second kappa shape index (κ2) is 55.0. The van der Waals surface area contributed by atoms with Crippen molar-refractivity contribution in [1.82, 2.24) is 60.0 Å². The van der Waals surface area contributed by atoms with Gasteiger partial charge in [-0.15, -0.1) is 66.8 Å². The van der Waals surface area contributed by atoms with Gasteiger partial charge >= 0.3 is 0 Å². The summed E-state index contributed by atoms with van der Waals surface area (Å²) in [6.07, 6.45) is -3.14. The molecule has 8 atom stereocenters. The van der Waals surface area contributed by atoms with Crippen LogP contribution in [0.5, 0.6) is 46.0 Å². The summed E-state index contributed by atoms with van der Waals surface area (Å²) in [5, 5.41) is 110.